The second-order valence-corrected chi connectivity index (χ2v) is 4.59. The maximum Gasteiger partial charge on any atom is 0.270 e. The number of hydrogen-bond acceptors (Lipinski definition) is 5. The molecule has 1 aromatic carbocycles. The van der Waals surface area contributed by atoms with E-state index in [0.29, 0.717) is 18.2 Å². The van der Waals surface area contributed by atoms with Crippen molar-refractivity contribution in [3.63, 3.8) is 0 Å². The molecule has 0 aliphatic heterocycles. The number of ether oxygens (including phenoxy) is 1. The fourth-order valence-electron chi connectivity index (χ4n) is 1.84. The quantitative estimate of drug-likeness (QED) is 0.801. The highest BCUT2D eigenvalue weighted by molar-refractivity contribution is 5.92. The van der Waals surface area contributed by atoms with E-state index in [-0.39, 0.29) is 11.6 Å². The number of carbonyl (C=O) groups is 1. The lowest BCUT2D eigenvalue weighted by atomic mass is 10.2. The molecule has 0 atom stereocenters. The molecule has 0 fully saturated rings. The minimum absolute atomic E-state index is 0.276. The Morgan fingerprint density at radius 2 is 2.23 bits per heavy atom. The Balaban J connectivity index is 2.22. The van der Waals surface area contributed by atoms with Crippen molar-refractivity contribution in [2.45, 2.75) is 6.92 Å². The van der Waals surface area contributed by atoms with Crippen molar-refractivity contribution in [1.82, 2.24) is 15.3 Å². The van der Waals surface area contributed by atoms with E-state index in [4.69, 9.17) is 4.74 Å². The van der Waals surface area contributed by atoms with E-state index in [1.807, 2.05) is 25.1 Å². The van der Waals surface area contributed by atoms with Crippen molar-refractivity contribution < 1.29 is 9.53 Å². The van der Waals surface area contributed by atoms with E-state index in [2.05, 4.69) is 27.2 Å². The summed E-state index contributed by atoms with van der Waals surface area (Å²) in [6, 6.07) is 7.28. The minimum Gasteiger partial charge on any atom is -0.495 e. The van der Waals surface area contributed by atoms with Crippen LogP contribution in [-0.2, 0) is 0 Å². The van der Waals surface area contributed by atoms with Crippen molar-refractivity contribution in [2.24, 2.45) is 0 Å². The molecule has 1 amide bonds. The predicted molar refractivity (Wildman–Crippen MR) is 85.6 cm³/mol. The lowest BCUT2D eigenvalue weighted by Gasteiger charge is -2.11. The van der Waals surface area contributed by atoms with Gasteiger partial charge in [0.15, 0.2) is 0 Å². The molecule has 6 heteroatoms. The fourth-order valence-corrected chi connectivity index (χ4v) is 1.84. The van der Waals surface area contributed by atoms with Gasteiger partial charge in [0.05, 0.1) is 12.8 Å². The molecule has 2 aromatic rings. The van der Waals surface area contributed by atoms with E-state index < -0.39 is 0 Å². The number of nitrogens with one attached hydrogen (secondary N) is 2. The SMILES string of the molecule is C=CCNC(=O)c1ccnc(Nc2cc(C)ccc2OC)n1. The standard InChI is InChI=1S/C16H18N4O2/c1-4-8-17-15(21)12-7-9-18-16(19-12)20-13-10-11(2)5-6-14(13)22-3/h4-7,9-10H,1,8H2,2-3H3,(H,17,21)(H,18,19,20). The maximum absolute atomic E-state index is 11.9. The Hall–Kier alpha value is -2.89. The summed E-state index contributed by atoms with van der Waals surface area (Å²) in [4.78, 5) is 20.2. The predicted octanol–water partition coefficient (Wildman–Crippen LogP) is 2.45. The van der Waals surface area contributed by atoms with Gasteiger partial charge in [-0.1, -0.05) is 12.1 Å². The number of rotatable bonds is 6. The first-order valence-electron chi connectivity index (χ1n) is 6.78. The third-order valence-corrected chi connectivity index (χ3v) is 2.90. The topological polar surface area (TPSA) is 76.1 Å². The minimum atomic E-state index is -0.276. The highest BCUT2D eigenvalue weighted by Gasteiger charge is 2.09. The third-order valence-electron chi connectivity index (χ3n) is 2.90. The van der Waals surface area contributed by atoms with Crippen LogP contribution < -0.4 is 15.4 Å². The average molecular weight is 298 g/mol. The number of methoxy groups -OCH3 is 1. The van der Waals surface area contributed by atoms with Crippen LogP contribution in [-0.4, -0.2) is 29.5 Å². The van der Waals surface area contributed by atoms with E-state index >= 15 is 0 Å². The van der Waals surface area contributed by atoms with Gasteiger partial charge in [-0.3, -0.25) is 4.79 Å². The monoisotopic (exact) mass is 298 g/mol. The van der Waals surface area contributed by atoms with Gasteiger partial charge < -0.3 is 15.4 Å². The molecule has 0 aliphatic carbocycles. The lowest BCUT2D eigenvalue weighted by molar-refractivity contribution is 0.0953. The Morgan fingerprint density at radius 3 is 2.95 bits per heavy atom. The Bertz CT molecular complexity index is 686. The first-order valence-corrected chi connectivity index (χ1v) is 6.78. The summed E-state index contributed by atoms with van der Waals surface area (Å²) < 4.78 is 5.29. The van der Waals surface area contributed by atoms with Gasteiger partial charge in [-0.2, -0.15) is 0 Å². The molecule has 2 N–H and O–H groups in total. The number of amides is 1. The van der Waals surface area contributed by atoms with E-state index in [9.17, 15) is 4.79 Å². The van der Waals surface area contributed by atoms with Gasteiger partial charge in [0.2, 0.25) is 5.95 Å². The van der Waals surface area contributed by atoms with Crippen molar-refractivity contribution in [3.8, 4) is 5.75 Å². The number of nitrogens with zero attached hydrogens (tertiary/aromatic N) is 2. The van der Waals surface area contributed by atoms with Crippen molar-refractivity contribution >= 4 is 17.5 Å². The summed E-state index contributed by atoms with van der Waals surface area (Å²) in [7, 11) is 1.59. The van der Waals surface area contributed by atoms with Gasteiger partial charge >= 0.3 is 0 Å². The van der Waals surface area contributed by atoms with E-state index in [1.54, 1.807) is 19.3 Å². The smallest absolute Gasteiger partial charge is 0.270 e. The van der Waals surface area contributed by atoms with Crippen molar-refractivity contribution in [3.05, 3.63) is 54.4 Å². The molecule has 0 bridgehead atoms. The molecule has 0 radical (unpaired) electrons. The van der Waals surface area contributed by atoms with Crippen molar-refractivity contribution in [1.29, 1.82) is 0 Å². The van der Waals surface area contributed by atoms with Crippen molar-refractivity contribution in [2.75, 3.05) is 19.0 Å². The summed E-state index contributed by atoms with van der Waals surface area (Å²) in [6.07, 6.45) is 3.14. The van der Waals surface area contributed by atoms with Crippen LogP contribution in [0.3, 0.4) is 0 Å². The van der Waals surface area contributed by atoms with Crippen LogP contribution in [0.1, 0.15) is 16.1 Å². The third kappa shape index (κ3) is 3.82. The fraction of sp³-hybridized carbons (Fsp3) is 0.188. The maximum atomic E-state index is 11.9. The number of hydrogen-bond donors (Lipinski definition) is 2. The summed E-state index contributed by atoms with van der Waals surface area (Å²) in [6.45, 7) is 5.92. The molecule has 2 rings (SSSR count). The lowest BCUT2D eigenvalue weighted by Crippen LogP contribution is -2.24. The van der Waals surface area contributed by atoms with Crippen LogP contribution in [0.5, 0.6) is 5.75 Å². The first-order chi connectivity index (χ1) is 10.6. The summed E-state index contributed by atoms with van der Waals surface area (Å²) in [5, 5.41) is 5.74. The Labute approximate surface area is 129 Å². The van der Waals surface area contributed by atoms with Gasteiger partial charge in [-0.05, 0) is 30.7 Å². The second-order valence-electron chi connectivity index (χ2n) is 4.59. The Morgan fingerprint density at radius 1 is 1.41 bits per heavy atom. The molecule has 1 heterocycles. The Kier molecular flexibility index (Phi) is 5.08. The number of anilines is 2. The van der Waals surface area contributed by atoms with Crippen LogP contribution >= 0.6 is 0 Å². The van der Waals surface area contributed by atoms with Crippen LogP contribution in [0.2, 0.25) is 0 Å². The average Bonchev–Trinajstić information content (AvgIpc) is 2.53. The molecule has 0 aliphatic rings. The molecular weight excluding hydrogens is 280 g/mol. The molecule has 0 spiro atoms. The number of carbonyl (C=O) groups excluding carboxylic acids is 1. The van der Waals surface area contributed by atoms with E-state index in [1.165, 1.54) is 6.20 Å². The molecule has 22 heavy (non-hydrogen) atoms. The molecule has 0 saturated heterocycles. The van der Waals surface area contributed by atoms with Crippen LogP contribution in [0.4, 0.5) is 11.6 Å². The molecule has 1 aromatic heterocycles. The largest absolute Gasteiger partial charge is 0.495 e. The van der Waals surface area contributed by atoms with Gasteiger partial charge in [-0.15, -0.1) is 6.58 Å². The normalized spacial score (nSPS) is 9.91. The second kappa shape index (κ2) is 7.21. The molecule has 0 saturated carbocycles. The van der Waals surface area contributed by atoms with Gasteiger partial charge in [0, 0.05) is 12.7 Å². The first kappa shape index (κ1) is 15.5. The highest BCUT2D eigenvalue weighted by atomic mass is 16.5. The van der Waals surface area contributed by atoms with Crippen LogP contribution in [0.15, 0.2) is 43.1 Å². The molecule has 6 nitrogen and oxygen atoms in total. The number of aromatic nitrogens is 2. The number of benzene rings is 1. The highest BCUT2D eigenvalue weighted by Crippen LogP contribution is 2.27. The van der Waals surface area contributed by atoms with Gasteiger partial charge in [0.1, 0.15) is 11.4 Å². The summed E-state index contributed by atoms with van der Waals surface area (Å²) in [5.74, 6) is 0.729. The van der Waals surface area contributed by atoms with Gasteiger partial charge in [0.25, 0.3) is 5.91 Å². The summed E-state index contributed by atoms with van der Waals surface area (Å²) >= 11 is 0. The van der Waals surface area contributed by atoms with Gasteiger partial charge in [-0.25, -0.2) is 9.97 Å². The van der Waals surface area contributed by atoms with Crippen LogP contribution in [0, 0.1) is 6.92 Å². The van der Waals surface area contributed by atoms with E-state index in [0.717, 1.165) is 11.3 Å². The molecule has 0 unspecified atom stereocenters. The zero-order chi connectivity index (χ0) is 15.9. The zero-order valence-electron chi connectivity index (χ0n) is 12.6. The zero-order valence-corrected chi connectivity index (χ0v) is 12.6. The molecular formula is C16H18N4O2. The summed E-state index contributed by atoms with van der Waals surface area (Å²) in [5.41, 5.74) is 2.10. The molecule has 114 valence electrons. The van der Waals surface area contributed by atoms with Crippen LogP contribution in [0.25, 0.3) is 0 Å². The number of aryl methyl sites for hydroxylation is 1.